The van der Waals surface area contributed by atoms with Crippen LogP contribution in [0.4, 0.5) is 11.8 Å². The summed E-state index contributed by atoms with van der Waals surface area (Å²) in [6, 6.07) is 24.4. The standard InChI is InChI=1S/C27H22N8O/c1-16-9-8-14-19-20(16)26(36)35(18-12-6-3-7-13-18)25(31-19)21(17-10-4-2-5-11-17)32-24-22-23(30-15-29-22)33-27(28)34-24/h2-15,21H,1H3,(H4,28,29,30,32,33,34). The van der Waals surface area contributed by atoms with Crippen LogP contribution in [-0.2, 0) is 0 Å². The lowest BCUT2D eigenvalue weighted by Crippen LogP contribution is -2.29. The fraction of sp³-hybridized carbons (Fsp3) is 0.0741. The molecule has 9 heteroatoms. The van der Waals surface area contributed by atoms with Crippen LogP contribution in [0.3, 0.4) is 0 Å². The van der Waals surface area contributed by atoms with Gasteiger partial charge in [-0.2, -0.15) is 9.97 Å². The van der Waals surface area contributed by atoms with E-state index in [9.17, 15) is 4.79 Å². The Morgan fingerprint density at radius 3 is 2.44 bits per heavy atom. The van der Waals surface area contributed by atoms with Gasteiger partial charge in [0.15, 0.2) is 11.5 Å². The molecule has 0 spiro atoms. The number of benzene rings is 3. The van der Waals surface area contributed by atoms with E-state index in [1.807, 2.05) is 85.8 Å². The first-order valence-electron chi connectivity index (χ1n) is 11.5. The van der Waals surface area contributed by atoms with Crippen LogP contribution in [0.15, 0.2) is 90.0 Å². The van der Waals surface area contributed by atoms with Gasteiger partial charge >= 0.3 is 0 Å². The highest BCUT2D eigenvalue weighted by atomic mass is 16.1. The molecule has 6 aromatic rings. The zero-order valence-corrected chi connectivity index (χ0v) is 19.4. The molecule has 0 radical (unpaired) electrons. The van der Waals surface area contributed by atoms with Crippen LogP contribution in [-0.4, -0.2) is 29.5 Å². The van der Waals surface area contributed by atoms with E-state index in [1.165, 1.54) is 0 Å². The third-order valence-corrected chi connectivity index (χ3v) is 6.12. The SMILES string of the molecule is Cc1cccc2nc(C(Nc3nc(N)nc4nc[nH]c34)c3ccccc3)n(-c3ccccc3)c(=O)c12. The molecule has 0 saturated carbocycles. The largest absolute Gasteiger partial charge is 0.368 e. The van der Waals surface area contributed by atoms with Crippen molar-refractivity contribution in [2.24, 2.45) is 0 Å². The Labute approximate surface area is 205 Å². The van der Waals surface area contributed by atoms with Gasteiger partial charge in [-0.1, -0.05) is 60.7 Å². The minimum absolute atomic E-state index is 0.0893. The van der Waals surface area contributed by atoms with E-state index in [0.29, 0.717) is 39.4 Å². The third-order valence-electron chi connectivity index (χ3n) is 6.12. The van der Waals surface area contributed by atoms with Crippen molar-refractivity contribution in [1.82, 2.24) is 29.5 Å². The van der Waals surface area contributed by atoms with Crippen LogP contribution in [0.2, 0.25) is 0 Å². The number of aromatic amines is 1. The summed E-state index contributed by atoms with van der Waals surface area (Å²) in [6.07, 6.45) is 1.54. The van der Waals surface area contributed by atoms with E-state index < -0.39 is 6.04 Å². The lowest BCUT2D eigenvalue weighted by atomic mass is 10.0. The van der Waals surface area contributed by atoms with Gasteiger partial charge in [0.05, 0.1) is 22.9 Å². The first-order valence-corrected chi connectivity index (χ1v) is 11.5. The van der Waals surface area contributed by atoms with Gasteiger partial charge in [-0.15, -0.1) is 0 Å². The molecule has 0 amide bonds. The van der Waals surface area contributed by atoms with Crippen molar-refractivity contribution in [3.05, 3.63) is 112 Å². The molecule has 6 rings (SSSR count). The zero-order chi connectivity index (χ0) is 24.6. The number of rotatable bonds is 5. The molecule has 0 aliphatic carbocycles. The average Bonchev–Trinajstić information content (AvgIpc) is 3.37. The van der Waals surface area contributed by atoms with Gasteiger partial charge in [-0.25, -0.2) is 9.97 Å². The molecule has 3 heterocycles. The van der Waals surface area contributed by atoms with Crippen molar-refractivity contribution in [1.29, 1.82) is 0 Å². The lowest BCUT2D eigenvalue weighted by Gasteiger charge is -2.24. The molecular weight excluding hydrogens is 452 g/mol. The monoisotopic (exact) mass is 474 g/mol. The Kier molecular flexibility index (Phi) is 5.15. The molecule has 9 nitrogen and oxygen atoms in total. The number of imidazole rings is 1. The highest BCUT2D eigenvalue weighted by Crippen LogP contribution is 2.30. The molecule has 36 heavy (non-hydrogen) atoms. The number of anilines is 2. The predicted molar refractivity (Wildman–Crippen MR) is 140 cm³/mol. The molecule has 3 aromatic carbocycles. The number of hydrogen-bond donors (Lipinski definition) is 3. The van der Waals surface area contributed by atoms with Crippen molar-refractivity contribution in [2.45, 2.75) is 13.0 Å². The maximum Gasteiger partial charge on any atom is 0.266 e. The number of nitrogen functional groups attached to an aromatic ring is 1. The fourth-order valence-electron chi connectivity index (χ4n) is 4.47. The van der Waals surface area contributed by atoms with Gasteiger partial charge in [-0.3, -0.25) is 9.36 Å². The summed E-state index contributed by atoms with van der Waals surface area (Å²) in [5.41, 5.74) is 10.00. The average molecular weight is 475 g/mol. The Morgan fingerprint density at radius 2 is 1.67 bits per heavy atom. The Balaban J connectivity index is 1.66. The van der Waals surface area contributed by atoms with Crippen molar-refractivity contribution in [2.75, 3.05) is 11.1 Å². The van der Waals surface area contributed by atoms with Crippen molar-refractivity contribution >= 4 is 33.8 Å². The Hall–Kier alpha value is -5.05. The maximum atomic E-state index is 14.0. The molecule has 1 atom stereocenters. The molecule has 3 aromatic heterocycles. The van der Waals surface area contributed by atoms with E-state index in [0.717, 1.165) is 11.1 Å². The Morgan fingerprint density at radius 1 is 0.917 bits per heavy atom. The van der Waals surface area contributed by atoms with E-state index >= 15 is 0 Å². The maximum absolute atomic E-state index is 14.0. The van der Waals surface area contributed by atoms with Gasteiger partial charge < -0.3 is 16.0 Å². The topological polar surface area (TPSA) is 127 Å². The molecule has 0 aliphatic rings. The second kappa shape index (κ2) is 8.62. The highest BCUT2D eigenvalue weighted by Gasteiger charge is 2.25. The number of hydrogen-bond acceptors (Lipinski definition) is 7. The number of aryl methyl sites for hydroxylation is 1. The molecule has 0 bridgehead atoms. The number of para-hydroxylation sites is 1. The number of fused-ring (bicyclic) bond motifs is 2. The van der Waals surface area contributed by atoms with Crippen molar-refractivity contribution in [3.63, 3.8) is 0 Å². The summed E-state index contributed by atoms with van der Waals surface area (Å²) in [5, 5.41) is 4.06. The van der Waals surface area contributed by atoms with Crippen LogP contribution >= 0.6 is 0 Å². The third kappa shape index (κ3) is 3.63. The van der Waals surface area contributed by atoms with Gasteiger partial charge in [0.2, 0.25) is 5.95 Å². The number of nitrogens with one attached hydrogen (secondary N) is 2. The summed E-state index contributed by atoms with van der Waals surface area (Å²) < 4.78 is 1.66. The van der Waals surface area contributed by atoms with Crippen LogP contribution < -0.4 is 16.6 Å². The summed E-state index contributed by atoms with van der Waals surface area (Å²) >= 11 is 0. The van der Waals surface area contributed by atoms with Crippen LogP contribution in [0.25, 0.3) is 27.8 Å². The number of aromatic nitrogens is 6. The first-order chi connectivity index (χ1) is 17.6. The van der Waals surface area contributed by atoms with Gasteiger partial charge in [0, 0.05) is 0 Å². The van der Waals surface area contributed by atoms with Crippen LogP contribution in [0.5, 0.6) is 0 Å². The number of nitrogens with zero attached hydrogens (tertiary/aromatic N) is 5. The summed E-state index contributed by atoms with van der Waals surface area (Å²) in [6.45, 7) is 1.92. The molecule has 1 unspecified atom stereocenters. The zero-order valence-electron chi connectivity index (χ0n) is 19.4. The smallest absolute Gasteiger partial charge is 0.266 e. The second-order valence-corrected chi connectivity index (χ2v) is 8.43. The van der Waals surface area contributed by atoms with E-state index in [4.69, 9.17) is 10.7 Å². The van der Waals surface area contributed by atoms with E-state index in [1.54, 1.807) is 10.9 Å². The molecular formula is C27H22N8O. The van der Waals surface area contributed by atoms with Gasteiger partial charge in [-0.05, 0) is 36.2 Å². The van der Waals surface area contributed by atoms with Crippen molar-refractivity contribution < 1.29 is 0 Å². The quantitative estimate of drug-likeness (QED) is 0.343. The second-order valence-electron chi connectivity index (χ2n) is 8.43. The lowest BCUT2D eigenvalue weighted by molar-refractivity contribution is 0.761. The minimum atomic E-state index is -0.551. The van der Waals surface area contributed by atoms with Crippen LogP contribution in [0.1, 0.15) is 23.0 Å². The van der Waals surface area contributed by atoms with Gasteiger partial charge in [0.25, 0.3) is 5.56 Å². The molecule has 0 aliphatic heterocycles. The molecule has 0 saturated heterocycles. The van der Waals surface area contributed by atoms with Gasteiger partial charge in [0.1, 0.15) is 17.4 Å². The molecule has 4 N–H and O–H groups in total. The number of nitrogens with two attached hydrogens (primary N) is 1. The minimum Gasteiger partial charge on any atom is -0.368 e. The fourth-order valence-corrected chi connectivity index (χ4v) is 4.47. The van der Waals surface area contributed by atoms with Crippen LogP contribution in [0, 0.1) is 6.92 Å². The molecule has 0 fully saturated rings. The highest BCUT2D eigenvalue weighted by molar-refractivity contribution is 5.84. The van der Waals surface area contributed by atoms with Crippen molar-refractivity contribution in [3.8, 4) is 5.69 Å². The summed E-state index contributed by atoms with van der Waals surface area (Å²) in [7, 11) is 0. The molecule has 176 valence electrons. The number of H-pyrrole nitrogens is 1. The Bertz CT molecular complexity index is 1760. The normalized spacial score (nSPS) is 12.1. The van der Waals surface area contributed by atoms with E-state index in [2.05, 4.69) is 25.3 Å². The first kappa shape index (κ1) is 21.5. The predicted octanol–water partition coefficient (Wildman–Crippen LogP) is 4.14. The summed E-state index contributed by atoms with van der Waals surface area (Å²) in [4.78, 5) is 35.0. The summed E-state index contributed by atoms with van der Waals surface area (Å²) in [5.74, 6) is 1.06. The van der Waals surface area contributed by atoms with E-state index in [-0.39, 0.29) is 11.5 Å².